The van der Waals surface area contributed by atoms with Gasteiger partial charge in [-0.1, -0.05) is 48.5 Å². The molecule has 5 rings (SSSR count). The number of carbonyl (C=O) groups excluding carboxylic acids is 2. The molecule has 5 heteroatoms. The zero-order chi connectivity index (χ0) is 18.5. The van der Waals surface area contributed by atoms with Crippen LogP contribution in [0.1, 0.15) is 23.5 Å². The van der Waals surface area contributed by atoms with Crippen molar-refractivity contribution in [2.75, 3.05) is 26.7 Å². The van der Waals surface area contributed by atoms with Gasteiger partial charge < -0.3 is 4.74 Å². The molecule has 1 amide bonds. The minimum absolute atomic E-state index is 0.0432. The summed E-state index contributed by atoms with van der Waals surface area (Å²) >= 11 is 0. The van der Waals surface area contributed by atoms with Crippen LogP contribution in [-0.2, 0) is 9.53 Å². The van der Waals surface area contributed by atoms with Crippen LogP contribution in [-0.4, -0.2) is 60.5 Å². The summed E-state index contributed by atoms with van der Waals surface area (Å²) in [5, 5.41) is 0. The third-order valence-corrected chi connectivity index (χ3v) is 6.24. The number of ether oxygens (including phenoxy) is 1. The Kier molecular flexibility index (Phi) is 3.79. The fraction of sp³-hybridized carbons (Fsp3) is 0.364. The lowest BCUT2D eigenvalue weighted by Crippen LogP contribution is -2.43. The summed E-state index contributed by atoms with van der Waals surface area (Å²) in [5.74, 6) is 0.162. The predicted molar refractivity (Wildman–Crippen MR) is 102 cm³/mol. The molecule has 2 atom stereocenters. The maximum absolute atomic E-state index is 12.8. The van der Waals surface area contributed by atoms with Gasteiger partial charge in [0, 0.05) is 18.5 Å². The van der Waals surface area contributed by atoms with E-state index in [0.29, 0.717) is 19.7 Å². The van der Waals surface area contributed by atoms with Crippen LogP contribution < -0.4 is 0 Å². The van der Waals surface area contributed by atoms with E-state index < -0.39 is 0 Å². The molecule has 0 spiro atoms. The highest BCUT2D eigenvalue weighted by Crippen LogP contribution is 2.44. The molecule has 27 heavy (non-hydrogen) atoms. The highest BCUT2D eigenvalue weighted by molar-refractivity contribution is 5.92. The van der Waals surface area contributed by atoms with E-state index in [9.17, 15) is 9.59 Å². The highest BCUT2D eigenvalue weighted by Gasteiger charge is 2.49. The molecule has 2 fully saturated rings. The van der Waals surface area contributed by atoms with Crippen molar-refractivity contribution in [3.8, 4) is 11.1 Å². The zero-order valence-electron chi connectivity index (χ0n) is 15.3. The molecular weight excluding hydrogens is 340 g/mol. The first-order valence-electron chi connectivity index (χ1n) is 9.49. The van der Waals surface area contributed by atoms with Gasteiger partial charge in [0.25, 0.3) is 0 Å². The maximum Gasteiger partial charge on any atom is 0.410 e. The van der Waals surface area contributed by atoms with E-state index in [4.69, 9.17) is 4.74 Å². The van der Waals surface area contributed by atoms with Crippen molar-refractivity contribution in [2.45, 2.75) is 24.4 Å². The van der Waals surface area contributed by atoms with Gasteiger partial charge in [0.1, 0.15) is 12.6 Å². The van der Waals surface area contributed by atoms with Crippen molar-refractivity contribution in [2.24, 2.45) is 0 Å². The number of nitrogens with zero attached hydrogens (tertiary/aromatic N) is 2. The fourth-order valence-electron chi connectivity index (χ4n) is 4.96. The molecule has 2 aromatic carbocycles. The number of hydrogen-bond donors (Lipinski definition) is 0. The molecule has 0 N–H and O–H groups in total. The summed E-state index contributed by atoms with van der Waals surface area (Å²) in [5.41, 5.74) is 4.82. The summed E-state index contributed by atoms with van der Waals surface area (Å²) in [7, 11) is 1.95. The van der Waals surface area contributed by atoms with Gasteiger partial charge >= 0.3 is 6.09 Å². The van der Waals surface area contributed by atoms with Crippen LogP contribution in [0.3, 0.4) is 0 Å². The average Bonchev–Trinajstić information content (AvgIpc) is 3.34. The van der Waals surface area contributed by atoms with Crippen LogP contribution >= 0.6 is 0 Å². The Balaban J connectivity index is 1.35. The van der Waals surface area contributed by atoms with Gasteiger partial charge in [0.15, 0.2) is 5.78 Å². The fourth-order valence-corrected chi connectivity index (χ4v) is 4.96. The van der Waals surface area contributed by atoms with Gasteiger partial charge in [0.05, 0.1) is 6.54 Å². The molecule has 0 saturated carbocycles. The van der Waals surface area contributed by atoms with E-state index in [2.05, 4.69) is 24.3 Å². The third kappa shape index (κ3) is 2.49. The van der Waals surface area contributed by atoms with Crippen LogP contribution in [0.4, 0.5) is 4.79 Å². The van der Waals surface area contributed by atoms with E-state index in [-0.39, 0.29) is 29.9 Å². The van der Waals surface area contributed by atoms with Crippen LogP contribution in [0.15, 0.2) is 48.5 Å². The maximum atomic E-state index is 12.8. The lowest BCUT2D eigenvalue weighted by molar-refractivity contribution is -0.120. The molecule has 2 unspecified atom stereocenters. The topological polar surface area (TPSA) is 49.9 Å². The normalized spacial score (nSPS) is 24.0. The van der Waals surface area contributed by atoms with Crippen LogP contribution in [0.25, 0.3) is 11.1 Å². The van der Waals surface area contributed by atoms with Gasteiger partial charge in [-0.3, -0.25) is 14.6 Å². The number of likely N-dealkylation sites (tertiary alicyclic amines) is 2. The second-order valence-electron chi connectivity index (χ2n) is 7.68. The van der Waals surface area contributed by atoms with Gasteiger partial charge in [-0.25, -0.2) is 4.79 Å². The molecule has 5 nitrogen and oxygen atoms in total. The van der Waals surface area contributed by atoms with Crippen molar-refractivity contribution >= 4 is 11.9 Å². The number of fused-ring (bicyclic) bond motifs is 4. The van der Waals surface area contributed by atoms with Crippen LogP contribution in [0.5, 0.6) is 0 Å². The second kappa shape index (κ2) is 6.20. The number of Topliss-reactive ketones (excluding diaryl/α,β-unsaturated/α-hetero) is 1. The number of amides is 1. The van der Waals surface area contributed by atoms with Crippen LogP contribution in [0.2, 0.25) is 0 Å². The Bertz CT molecular complexity index is 880. The van der Waals surface area contributed by atoms with Crippen molar-refractivity contribution in [1.29, 1.82) is 0 Å². The van der Waals surface area contributed by atoms with Crippen LogP contribution in [0, 0.1) is 0 Å². The van der Waals surface area contributed by atoms with E-state index in [0.717, 1.165) is 6.42 Å². The predicted octanol–water partition coefficient (Wildman–Crippen LogP) is 2.89. The third-order valence-electron chi connectivity index (χ3n) is 6.24. The molecule has 3 aliphatic rings. The Morgan fingerprint density at radius 1 is 1.07 bits per heavy atom. The molecular formula is C22H22N2O3. The summed E-state index contributed by atoms with van der Waals surface area (Å²) in [6, 6.07) is 16.4. The Hall–Kier alpha value is -2.66. The van der Waals surface area contributed by atoms with Gasteiger partial charge in [-0.2, -0.15) is 0 Å². The highest BCUT2D eigenvalue weighted by atomic mass is 16.6. The Morgan fingerprint density at radius 2 is 1.70 bits per heavy atom. The largest absolute Gasteiger partial charge is 0.448 e. The molecule has 0 bridgehead atoms. The molecule has 2 saturated heterocycles. The molecule has 2 aromatic rings. The summed E-state index contributed by atoms with van der Waals surface area (Å²) in [6.45, 7) is 1.30. The summed E-state index contributed by atoms with van der Waals surface area (Å²) in [4.78, 5) is 28.7. The quantitative estimate of drug-likeness (QED) is 0.824. The average molecular weight is 362 g/mol. The Morgan fingerprint density at radius 3 is 2.37 bits per heavy atom. The monoisotopic (exact) mass is 362 g/mol. The molecule has 0 radical (unpaired) electrons. The van der Waals surface area contributed by atoms with Gasteiger partial charge in [0.2, 0.25) is 0 Å². The summed E-state index contributed by atoms with van der Waals surface area (Å²) < 4.78 is 5.73. The first-order valence-corrected chi connectivity index (χ1v) is 9.49. The van der Waals surface area contributed by atoms with Crippen molar-refractivity contribution in [3.63, 3.8) is 0 Å². The number of rotatable bonds is 2. The lowest BCUT2D eigenvalue weighted by Gasteiger charge is -2.23. The standard InChI is InChI=1S/C22H22N2O3/c1-23-12-20(25)21-19(23)10-11-24(21)22(26)27-13-18-16-8-4-2-6-14(16)15-7-3-5-9-17(15)18/h2-9,18-19,21H,10-13H2,1H3. The zero-order valence-corrected chi connectivity index (χ0v) is 15.3. The number of likely N-dealkylation sites (N-methyl/N-ethyl adjacent to an activating group) is 1. The van der Waals surface area contributed by atoms with E-state index in [1.165, 1.54) is 22.3 Å². The minimum atomic E-state index is -0.368. The molecule has 2 heterocycles. The van der Waals surface area contributed by atoms with E-state index in [1.54, 1.807) is 4.90 Å². The lowest BCUT2D eigenvalue weighted by atomic mass is 9.98. The smallest absolute Gasteiger partial charge is 0.410 e. The first kappa shape index (κ1) is 16.5. The number of carbonyl (C=O) groups is 2. The minimum Gasteiger partial charge on any atom is -0.448 e. The van der Waals surface area contributed by atoms with E-state index in [1.807, 2.05) is 36.2 Å². The van der Waals surface area contributed by atoms with Crippen molar-refractivity contribution in [1.82, 2.24) is 9.80 Å². The number of benzene rings is 2. The molecule has 0 aromatic heterocycles. The molecule has 138 valence electrons. The number of ketones is 1. The molecule has 2 aliphatic heterocycles. The Labute approximate surface area is 158 Å². The summed E-state index contributed by atoms with van der Waals surface area (Å²) in [6.07, 6.45) is 0.463. The molecule has 1 aliphatic carbocycles. The van der Waals surface area contributed by atoms with Gasteiger partial charge in [-0.05, 0) is 35.7 Å². The van der Waals surface area contributed by atoms with E-state index >= 15 is 0 Å². The first-order chi connectivity index (χ1) is 13.1. The second-order valence-corrected chi connectivity index (χ2v) is 7.68. The van der Waals surface area contributed by atoms with Gasteiger partial charge in [-0.15, -0.1) is 0 Å². The number of hydrogen-bond acceptors (Lipinski definition) is 4. The SMILES string of the molecule is CN1CC(=O)C2C1CCN2C(=O)OCC1c2ccccc2-c2ccccc21. The van der Waals surface area contributed by atoms with Crippen molar-refractivity contribution < 1.29 is 14.3 Å². The van der Waals surface area contributed by atoms with Crippen molar-refractivity contribution in [3.05, 3.63) is 59.7 Å².